The molecule has 0 saturated heterocycles. The van der Waals surface area contributed by atoms with Crippen molar-refractivity contribution in [3.63, 3.8) is 0 Å². The minimum Gasteiger partial charge on any atom is -0.479 e. The first-order chi connectivity index (χ1) is 34.9. The summed E-state index contributed by atoms with van der Waals surface area (Å²) in [6.45, 7) is 5.58. The van der Waals surface area contributed by atoms with Gasteiger partial charge in [0.25, 0.3) is 11.8 Å². The Morgan fingerprint density at radius 3 is 1.07 bits per heavy atom. The van der Waals surface area contributed by atoms with Crippen molar-refractivity contribution >= 4 is 42.9 Å². The first kappa shape index (κ1) is 55.7. The molecule has 2 fully saturated rings. The van der Waals surface area contributed by atoms with Crippen molar-refractivity contribution in [1.82, 2.24) is 69.4 Å². The molecule has 2 aliphatic rings. The highest BCUT2D eigenvalue weighted by Gasteiger charge is 2.69. The average molecular weight is 1120 g/mol. The molecule has 32 heteroatoms. The van der Waals surface area contributed by atoms with Gasteiger partial charge in [-0.2, -0.15) is 19.9 Å². The fourth-order valence-electron chi connectivity index (χ4n) is 8.12. The largest absolute Gasteiger partial charge is 0.479 e. The molecule has 400 valence electrons. The number of nitrogens with zero attached hydrogens (tertiary/aromatic N) is 14. The number of halogens is 6. The molecule has 6 heterocycles. The molecule has 8 rings (SSSR count). The van der Waals surface area contributed by atoms with Gasteiger partial charge in [-0.3, -0.25) is 9.13 Å². The maximum absolute atomic E-state index is 14.4. The maximum Gasteiger partial charge on any atom is 0.261 e. The number of rotatable bonds is 20. The number of methoxy groups -OCH3 is 6. The normalized spacial score (nSPS) is 20.3. The summed E-state index contributed by atoms with van der Waals surface area (Å²) in [5.41, 5.74) is 0.00848. The summed E-state index contributed by atoms with van der Waals surface area (Å²) in [6, 6.07) is 0. The first-order valence-electron chi connectivity index (χ1n) is 21.9. The molecule has 2 aliphatic carbocycles. The number of sulfone groups is 2. The molecule has 0 unspecified atom stereocenters. The van der Waals surface area contributed by atoms with Crippen molar-refractivity contribution in [2.75, 3.05) is 42.7 Å². The Kier molecular flexibility index (Phi) is 16.3. The van der Waals surface area contributed by atoms with E-state index in [1.165, 1.54) is 104 Å². The second kappa shape index (κ2) is 21.6. The molecule has 6 aromatic rings. The topological polar surface area (TPSA) is 288 Å². The fraction of sp³-hybridized carbons (Fsp3) is 0.524. The Balaban J connectivity index is 0.000000216. The average Bonchev–Trinajstić information content (AvgIpc) is 3.78. The lowest BCUT2D eigenvalue weighted by Gasteiger charge is -2.22. The second-order valence-electron chi connectivity index (χ2n) is 16.8. The highest BCUT2D eigenvalue weighted by molar-refractivity contribution is 7.91. The van der Waals surface area contributed by atoms with Crippen molar-refractivity contribution in [3.8, 4) is 34.9 Å². The van der Waals surface area contributed by atoms with Crippen LogP contribution in [0.5, 0.6) is 23.5 Å². The first-order valence-corrected chi connectivity index (χ1v) is 26.1. The van der Waals surface area contributed by atoms with Crippen LogP contribution in [-0.4, -0.2) is 151 Å². The molecule has 0 aliphatic heterocycles. The lowest BCUT2D eigenvalue weighted by atomic mass is 10.2. The minimum atomic E-state index is -4.06. The standard InChI is InChI=1S/2C21H24ClF2N7O5S/c2*1-10-14(21(10,23)24)18-30-29-13(31(18)15-19(35-4)27-9-28-20(15)36-5)8-37(32,33)11(2)16(34-3)17-25-6-12(22)7-26-17/h2*6-7,9-11,14,16H,8H2,1-5H3/t10-,11+,14-,16+;10-,11-,14-,16-/m10/s1. The number of aromatic nitrogens is 14. The number of ether oxygens (including phenoxy) is 6. The molecule has 0 aromatic carbocycles. The van der Waals surface area contributed by atoms with E-state index in [0.717, 1.165) is 12.7 Å². The highest BCUT2D eigenvalue weighted by Crippen LogP contribution is 2.62. The van der Waals surface area contributed by atoms with Crippen molar-refractivity contribution in [1.29, 1.82) is 0 Å². The molecule has 0 radical (unpaired) electrons. The summed E-state index contributed by atoms with van der Waals surface area (Å²) < 4.78 is 146. The van der Waals surface area contributed by atoms with Gasteiger partial charge in [-0.1, -0.05) is 37.0 Å². The molecule has 24 nitrogen and oxygen atoms in total. The number of hydrogen-bond donors (Lipinski definition) is 0. The van der Waals surface area contributed by atoms with Crippen LogP contribution in [0.4, 0.5) is 17.6 Å². The Morgan fingerprint density at radius 2 is 0.824 bits per heavy atom. The Morgan fingerprint density at radius 1 is 0.541 bits per heavy atom. The van der Waals surface area contributed by atoms with E-state index in [-0.39, 0.29) is 79.9 Å². The smallest absolute Gasteiger partial charge is 0.261 e. The molecule has 0 N–H and O–H groups in total. The van der Waals surface area contributed by atoms with Gasteiger partial charge in [0, 0.05) is 50.8 Å². The molecular formula is C42H48Cl2F4N14O10S2. The van der Waals surface area contributed by atoms with Gasteiger partial charge in [0.2, 0.25) is 23.5 Å². The molecule has 6 aromatic heterocycles. The van der Waals surface area contributed by atoms with Crippen LogP contribution in [0, 0.1) is 11.8 Å². The molecule has 0 spiro atoms. The van der Waals surface area contributed by atoms with Crippen molar-refractivity contribution < 1.29 is 62.8 Å². The van der Waals surface area contributed by atoms with E-state index in [1.807, 2.05) is 0 Å². The summed E-state index contributed by atoms with van der Waals surface area (Å²) in [6.07, 6.45) is 5.52. The maximum atomic E-state index is 14.4. The zero-order valence-electron chi connectivity index (χ0n) is 40.9. The highest BCUT2D eigenvalue weighted by atomic mass is 35.5. The van der Waals surface area contributed by atoms with E-state index < -0.39 is 89.4 Å². The van der Waals surface area contributed by atoms with Gasteiger partial charge < -0.3 is 28.4 Å². The zero-order valence-corrected chi connectivity index (χ0v) is 44.1. The summed E-state index contributed by atoms with van der Waals surface area (Å²) in [5.74, 6) is -12.8. The lowest BCUT2D eigenvalue weighted by molar-refractivity contribution is 0.0945. The van der Waals surface area contributed by atoms with Gasteiger partial charge in [-0.25, -0.2) is 54.3 Å². The van der Waals surface area contributed by atoms with Crippen LogP contribution in [0.2, 0.25) is 10.0 Å². The fourth-order valence-corrected chi connectivity index (χ4v) is 11.1. The Labute approximate surface area is 430 Å². The predicted octanol–water partition coefficient (Wildman–Crippen LogP) is 5.16. The summed E-state index contributed by atoms with van der Waals surface area (Å²) in [5, 5.41) is 14.1. The molecule has 0 amide bonds. The zero-order chi connectivity index (χ0) is 54.2. The van der Waals surface area contributed by atoms with Gasteiger partial charge in [0.1, 0.15) is 48.0 Å². The SMILES string of the molecule is COc1ncnc(OC)c1-n1c(CS(=O)(=O)[C@@H](C)[C@H](OC)c2ncc(Cl)cn2)nnc1[C@@H]1[C@H](C)C1(F)F.COc1ncnc(OC)c1-n1c(CS(=O)(=O)[C@@H](C)[C@H](OC)c2ncc(Cl)cn2)nnc1[C@H]1[C@@H](C)C1(F)F. The van der Waals surface area contributed by atoms with Gasteiger partial charge in [0.05, 0.1) is 60.8 Å². The third-order valence-electron chi connectivity index (χ3n) is 12.6. The van der Waals surface area contributed by atoms with E-state index in [4.69, 9.17) is 51.6 Å². The number of hydrogen-bond acceptors (Lipinski definition) is 22. The van der Waals surface area contributed by atoms with Crippen molar-refractivity contribution in [2.45, 2.75) is 85.6 Å². The van der Waals surface area contributed by atoms with E-state index >= 15 is 0 Å². The third kappa shape index (κ3) is 10.6. The molecule has 8 atom stereocenters. The number of alkyl halides is 4. The Hall–Kier alpha value is -6.08. The van der Waals surface area contributed by atoms with Crippen molar-refractivity contribution in [2.24, 2.45) is 11.8 Å². The van der Waals surface area contributed by atoms with E-state index in [1.54, 1.807) is 0 Å². The monoisotopic (exact) mass is 1120 g/mol. The van der Waals surface area contributed by atoms with E-state index in [0.29, 0.717) is 0 Å². The van der Waals surface area contributed by atoms with Crippen molar-refractivity contribution in [3.05, 3.63) is 82.4 Å². The molecule has 74 heavy (non-hydrogen) atoms. The second-order valence-corrected chi connectivity index (χ2v) is 22.4. The van der Waals surface area contributed by atoms with Gasteiger partial charge in [-0.05, 0) is 13.8 Å². The van der Waals surface area contributed by atoms with Crippen LogP contribution < -0.4 is 18.9 Å². The van der Waals surface area contributed by atoms with Crippen LogP contribution in [0.3, 0.4) is 0 Å². The van der Waals surface area contributed by atoms with Crippen LogP contribution >= 0.6 is 23.2 Å². The van der Waals surface area contributed by atoms with E-state index in [2.05, 4.69) is 60.3 Å². The van der Waals surface area contributed by atoms with Crippen LogP contribution in [0.25, 0.3) is 11.4 Å². The third-order valence-corrected chi connectivity index (χ3v) is 17.0. The Bertz CT molecular complexity index is 2950. The van der Waals surface area contributed by atoms with Crippen LogP contribution in [-0.2, 0) is 40.7 Å². The van der Waals surface area contributed by atoms with Gasteiger partial charge in [0.15, 0.2) is 54.3 Å². The summed E-state index contributed by atoms with van der Waals surface area (Å²) in [7, 11) is -0.204. The minimum absolute atomic E-state index is 0.00424. The summed E-state index contributed by atoms with van der Waals surface area (Å²) >= 11 is 11.7. The quantitative estimate of drug-likeness (QED) is 0.0892. The molecular weight excluding hydrogens is 1070 g/mol. The van der Waals surface area contributed by atoms with Gasteiger partial charge >= 0.3 is 0 Å². The van der Waals surface area contributed by atoms with Crippen LogP contribution in [0.15, 0.2) is 37.4 Å². The lowest BCUT2D eigenvalue weighted by Crippen LogP contribution is -2.30. The van der Waals surface area contributed by atoms with Gasteiger partial charge in [-0.15, -0.1) is 20.4 Å². The molecule has 2 saturated carbocycles. The summed E-state index contributed by atoms with van der Waals surface area (Å²) in [4.78, 5) is 32.4. The predicted molar refractivity (Wildman–Crippen MR) is 252 cm³/mol. The van der Waals surface area contributed by atoms with E-state index in [9.17, 15) is 34.4 Å². The van der Waals surface area contributed by atoms with Crippen LogP contribution in [0.1, 0.15) is 86.7 Å². The molecule has 0 bridgehead atoms.